The lowest BCUT2D eigenvalue weighted by atomic mass is 9.71. The number of rotatable bonds is 0. The quantitative estimate of drug-likeness (QED) is 0.355. The van der Waals surface area contributed by atoms with Gasteiger partial charge >= 0.3 is 16.5 Å². The van der Waals surface area contributed by atoms with Crippen molar-refractivity contribution in [3.63, 3.8) is 0 Å². The van der Waals surface area contributed by atoms with E-state index in [9.17, 15) is 0 Å². The Hall–Kier alpha value is -1.46. The molecule has 0 fully saturated rings. The first-order valence-electron chi connectivity index (χ1n) is 9.01. The second-order valence-corrected chi connectivity index (χ2v) is 8.89. The van der Waals surface area contributed by atoms with E-state index >= 15 is 0 Å². The van der Waals surface area contributed by atoms with Gasteiger partial charge in [0.1, 0.15) is 0 Å². The predicted molar refractivity (Wildman–Crippen MR) is 113 cm³/mol. The van der Waals surface area contributed by atoms with Crippen molar-refractivity contribution in [1.82, 2.24) is 3.55 Å². The summed E-state index contributed by atoms with van der Waals surface area (Å²) >= 11 is 8.82. The van der Waals surface area contributed by atoms with E-state index in [0.717, 1.165) is 0 Å². The zero-order valence-corrected chi connectivity index (χ0v) is 18.1. The van der Waals surface area contributed by atoms with Crippen molar-refractivity contribution in [3.05, 3.63) is 95.1 Å². The molecule has 0 saturated carbocycles. The standard InChI is InChI=1S/C23H12N.3Al/c1-4-10-19-15(7-1)16-8-2-5-11-20(16)23(19)21-12-6-3-9-17(21)18-13-24-14-22(18)23;;;/h1-12H;;;/q-1;;;+1. The van der Waals surface area contributed by atoms with Crippen LogP contribution in [-0.4, -0.2) is 52.6 Å². The molecule has 118 valence electrons. The molecular formula is C23H12Al3N. The smallest absolute Gasteiger partial charge is 0.311 e. The van der Waals surface area contributed by atoms with Crippen molar-refractivity contribution in [2.45, 2.75) is 5.41 Å². The molecule has 1 nitrogen and oxygen atoms in total. The van der Waals surface area contributed by atoms with Crippen LogP contribution in [0.5, 0.6) is 0 Å². The highest BCUT2D eigenvalue weighted by Crippen LogP contribution is 2.61. The number of hydrogen-bond donors (Lipinski definition) is 0. The van der Waals surface area contributed by atoms with Crippen LogP contribution in [0.4, 0.5) is 0 Å². The zero-order valence-electron chi connectivity index (χ0n) is 14.6. The Morgan fingerprint density at radius 1 is 0.593 bits per heavy atom. The molecule has 6 rings (SSSR count). The Kier molecular flexibility index (Phi) is 3.38. The summed E-state index contributed by atoms with van der Waals surface area (Å²) < 4.78 is 4.65. The number of fused-ring (bicyclic) bond motifs is 10. The molecule has 0 aliphatic heterocycles. The summed E-state index contributed by atoms with van der Waals surface area (Å²) in [6, 6.07) is 26.7. The topological polar surface area (TPSA) is 4.93 Å². The van der Waals surface area contributed by atoms with Crippen LogP contribution in [0.2, 0.25) is 0 Å². The van der Waals surface area contributed by atoms with E-state index < -0.39 is 0 Å². The molecule has 2 aliphatic rings. The Morgan fingerprint density at radius 3 is 1.59 bits per heavy atom. The van der Waals surface area contributed by atoms with Crippen LogP contribution >= 0.6 is 0 Å². The first-order valence-corrected chi connectivity index (χ1v) is 10.7. The normalized spacial score (nSPS) is 14.7. The Bertz CT molecular complexity index is 1220. The van der Waals surface area contributed by atoms with E-state index in [1.54, 1.807) is 0 Å². The summed E-state index contributed by atoms with van der Waals surface area (Å²) in [6.45, 7) is 0. The number of hydrogen-bond acceptors (Lipinski definition) is 0. The van der Waals surface area contributed by atoms with Gasteiger partial charge in [-0.2, -0.15) is 0 Å². The van der Waals surface area contributed by atoms with E-state index in [1.165, 1.54) is 53.6 Å². The molecule has 1 heterocycles. The Morgan fingerprint density at radius 2 is 1.04 bits per heavy atom. The molecule has 6 radical (unpaired) electrons. The molecule has 4 heteroatoms. The first kappa shape index (κ1) is 16.5. The van der Waals surface area contributed by atoms with E-state index in [4.69, 9.17) is 0 Å². The van der Waals surface area contributed by atoms with Crippen LogP contribution in [0.15, 0.2) is 72.8 Å². The third-order valence-electron chi connectivity index (χ3n) is 6.21. The second-order valence-electron chi connectivity index (χ2n) is 7.28. The summed E-state index contributed by atoms with van der Waals surface area (Å²) in [5, 5.41) is 0. The monoisotopic (exact) mass is 383 g/mol. The Balaban J connectivity index is 1.91. The molecule has 2 aliphatic carbocycles. The van der Waals surface area contributed by atoms with Gasteiger partial charge in [-0.25, -0.2) is 0 Å². The van der Waals surface area contributed by atoms with Crippen molar-refractivity contribution >= 4 is 58.2 Å². The number of benzene rings is 3. The fraction of sp³-hybridized carbons (Fsp3) is 0.0435. The van der Waals surface area contributed by atoms with Gasteiger partial charge in [0.2, 0.25) is 32.6 Å². The van der Waals surface area contributed by atoms with Crippen LogP contribution < -0.4 is 9.11 Å². The average Bonchev–Trinajstić information content (AvgIpc) is 3.27. The number of nitrogens with zero attached hydrogens (tertiary/aromatic N) is 1. The summed E-state index contributed by atoms with van der Waals surface area (Å²) in [5.41, 5.74) is 10.7. The molecule has 0 atom stereocenters. The summed E-state index contributed by atoms with van der Waals surface area (Å²) in [4.78, 5) is 0. The lowest BCUT2D eigenvalue weighted by molar-refractivity contribution is 0.798. The molecule has 1 aromatic heterocycles. The Labute approximate surface area is 183 Å². The van der Waals surface area contributed by atoms with Crippen molar-refractivity contribution in [1.29, 1.82) is 0 Å². The van der Waals surface area contributed by atoms with Gasteiger partial charge in [0.15, 0.2) is 0 Å². The van der Waals surface area contributed by atoms with Gasteiger partial charge in [-0.1, -0.05) is 72.8 Å². The van der Waals surface area contributed by atoms with Crippen molar-refractivity contribution in [3.8, 4) is 22.3 Å². The maximum absolute atomic E-state index is 2.99. The minimum atomic E-state index is -0.247. The molecule has 1 spiro atoms. The van der Waals surface area contributed by atoms with E-state index in [0.29, 0.717) is 0 Å². The summed E-state index contributed by atoms with van der Waals surface area (Å²) in [5.74, 6) is 0. The zero-order chi connectivity index (χ0) is 18.3. The molecule has 0 unspecified atom stereocenters. The van der Waals surface area contributed by atoms with Gasteiger partial charge in [-0.05, 0) is 44.5 Å². The maximum Gasteiger partial charge on any atom is 0.311 e. The SMILES string of the molecule is [Al][c]1c2c([c]([Al])[n]1[Al])C1(c3ccccc3-c3ccccc31)c1ccccc1-2. The number of aromatic nitrogens is 1. The largest absolute Gasteiger partial charge is 0.488 e. The lowest BCUT2D eigenvalue weighted by Gasteiger charge is -2.31. The third-order valence-corrected chi connectivity index (χ3v) is 8.50. The highest BCUT2D eigenvalue weighted by molar-refractivity contribution is 6.45. The van der Waals surface area contributed by atoms with Crippen LogP contribution in [0, 0.1) is 0 Å². The highest BCUT2D eigenvalue weighted by atomic mass is 27.1. The van der Waals surface area contributed by atoms with Gasteiger partial charge in [0, 0.05) is 0 Å². The lowest BCUT2D eigenvalue weighted by Crippen LogP contribution is -2.35. The maximum atomic E-state index is 2.99. The molecule has 0 saturated heterocycles. The van der Waals surface area contributed by atoms with Crippen molar-refractivity contribution < 1.29 is 0 Å². The average molecular weight is 383 g/mol. The van der Waals surface area contributed by atoms with Gasteiger partial charge in [0.25, 0.3) is 0 Å². The van der Waals surface area contributed by atoms with E-state index in [2.05, 4.69) is 125 Å². The molecule has 4 aromatic rings. The van der Waals surface area contributed by atoms with Crippen molar-refractivity contribution in [2.24, 2.45) is 0 Å². The summed E-state index contributed by atoms with van der Waals surface area (Å²) in [6.07, 6.45) is 0. The van der Waals surface area contributed by atoms with E-state index in [-0.39, 0.29) is 5.41 Å². The third kappa shape index (κ3) is 1.79. The molecular weight excluding hydrogens is 371 g/mol. The van der Waals surface area contributed by atoms with Gasteiger partial charge < -0.3 is 3.55 Å². The molecule has 0 amide bonds. The van der Waals surface area contributed by atoms with Gasteiger partial charge in [-0.15, -0.1) is 9.11 Å². The second kappa shape index (κ2) is 5.54. The molecule has 3 aromatic carbocycles. The summed E-state index contributed by atoms with van der Waals surface area (Å²) in [7, 11) is 0. The van der Waals surface area contributed by atoms with Crippen LogP contribution in [-0.2, 0) is 5.41 Å². The van der Waals surface area contributed by atoms with Crippen LogP contribution in [0.3, 0.4) is 0 Å². The van der Waals surface area contributed by atoms with Gasteiger partial charge in [-0.3, -0.25) is 0 Å². The van der Waals surface area contributed by atoms with Crippen molar-refractivity contribution in [2.75, 3.05) is 0 Å². The first-order chi connectivity index (χ1) is 13.2. The minimum absolute atomic E-state index is 0.247. The van der Waals surface area contributed by atoms with Gasteiger partial charge in [0.05, 0.1) is 5.41 Å². The fourth-order valence-corrected chi connectivity index (χ4v) is 6.58. The minimum Gasteiger partial charge on any atom is -0.488 e. The predicted octanol–water partition coefficient (Wildman–Crippen LogP) is 2.35. The fourth-order valence-electron chi connectivity index (χ4n) is 5.24. The molecule has 0 N–H and O–H groups in total. The highest BCUT2D eigenvalue weighted by Gasteiger charge is 2.52. The molecule has 27 heavy (non-hydrogen) atoms. The van der Waals surface area contributed by atoms with Crippen LogP contribution in [0.25, 0.3) is 22.3 Å². The van der Waals surface area contributed by atoms with Crippen LogP contribution in [0.1, 0.15) is 22.3 Å². The van der Waals surface area contributed by atoms with E-state index in [1.807, 2.05) is 0 Å². The molecule has 0 bridgehead atoms.